The number of fused-ring (bicyclic) bond motifs is 1. The number of amides is 1. The zero-order valence-electron chi connectivity index (χ0n) is 11.5. The molecular formula is C15H21N3O. The molecular weight excluding hydrogens is 238 g/mol. The van der Waals surface area contributed by atoms with Gasteiger partial charge in [-0.3, -0.25) is 4.79 Å². The lowest BCUT2D eigenvalue weighted by atomic mass is 10.2. The van der Waals surface area contributed by atoms with Gasteiger partial charge in [0.2, 0.25) is 5.91 Å². The van der Waals surface area contributed by atoms with Gasteiger partial charge in [0.15, 0.2) is 0 Å². The molecule has 102 valence electrons. The lowest BCUT2D eigenvalue weighted by Crippen LogP contribution is -2.50. The van der Waals surface area contributed by atoms with E-state index in [-0.39, 0.29) is 5.91 Å². The van der Waals surface area contributed by atoms with Crippen LogP contribution in [0.1, 0.15) is 5.56 Å². The molecule has 0 saturated carbocycles. The zero-order chi connectivity index (χ0) is 13.2. The van der Waals surface area contributed by atoms with Crippen LogP contribution < -0.4 is 4.90 Å². The van der Waals surface area contributed by atoms with Crippen molar-refractivity contribution in [3.05, 3.63) is 29.8 Å². The van der Waals surface area contributed by atoms with Crippen molar-refractivity contribution in [3.63, 3.8) is 0 Å². The molecule has 0 spiro atoms. The van der Waals surface area contributed by atoms with Crippen LogP contribution in [0.5, 0.6) is 0 Å². The topological polar surface area (TPSA) is 26.8 Å². The zero-order valence-corrected chi connectivity index (χ0v) is 11.5. The van der Waals surface area contributed by atoms with Crippen LogP contribution in [0, 0.1) is 0 Å². The highest BCUT2D eigenvalue weighted by Crippen LogP contribution is 2.27. The van der Waals surface area contributed by atoms with Gasteiger partial charge in [-0.1, -0.05) is 18.2 Å². The highest BCUT2D eigenvalue weighted by atomic mass is 16.2. The van der Waals surface area contributed by atoms with Crippen molar-refractivity contribution >= 4 is 11.6 Å². The molecule has 0 unspecified atom stereocenters. The third-order valence-electron chi connectivity index (χ3n) is 4.17. The molecule has 2 aliphatic rings. The second-order valence-corrected chi connectivity index (χ2v) is 5.48. The first-order valence-electron chi connectivity index (χ1n) is 7.03. The average Bonchev–Trinajstić information content (AvgIpc) is 2.83. The van der Waals surface area contributed by atoms with Gasteiger partial charge in [0.05, 0.1) is 6.54 Å². The summed E-state index contributed by atoms with van der Waals surface area (Å²) in [6.45, 7) is 5.21. The van der Waals surface area contributed by atoms with E-state index in [1.165, 1.54) is 11.3 Å². The summed E-state index contributed by atoms with van der Waals surface area (Å²) < 4.78 is 0. The number of anilines is 1. The van der Waals surface area contributed by atoms with Crippen molar-refractivity contribution in [1.82, 2.24) is 9.80 Å². The minimum Gasteiger partial charge on any atom is -0.362 e. The molecule has 2 aliphatic heterocycles. The molecule has 0 aromatic heterocycles. The molecule has 0 N–H and O–H groups in total. The number of rotatable bonds is 2. The van der Waals surface area contributed by atoms with E-state index in [1.54, 1.807) is 0 Å². The Labute approximate surface area is 114 Å². The summed E-state index contributed by atoms with van der Waals surface area (Å²) in [5.41, 5.74) is 2.61. The van der Waals surface area contributed by atoms with Gasteiger partial charge >= 0.3 is 0 Å². The lowest BCUT2D eigenvalue weighted by molar-refractivity contribution is -0.131. The number of piperazine rings is 1. The quantitative estimate of drug-likeness (QED) is 0.787. The van der Waals surface area contributed by atoms with Crippen LogP contribution >= 0.6 is 0 Å². The van der Waals surface area contributed by atoms with E-state index in [1.807, 2.05) is 4.90 Å². The summed E-state index contributed by atoms with van der Waals surface area (Å²) in [6, 6.07) is 8.41. The fraction of sp³-hybridized carbons (Fsp3) is 0.533. The summed E-state index contributed by atoms with van der Waals surface area (Å²) in [7, 11) is 2.11. The van der Waals surface area contributed by atoms with Gasteiger partial charge in [-0.2, -0.15) is 0 Å². The molecule has 0 bridgehead atoms. The fourth-order valence-corrected chi connectivity index (χ4v) is 2.89. The summed E-state index contributed by atoms with van der Waals surface area (Å²) in [4.78, 5) is 18.8. The SMILES string of the molecule is CN1CCN(C(=O)CN2CCc3ccccc32)CC1. The van der Waals surface area contributed by atoms with Crippen molar-refractivity contribution in [3.8, 4) is 0 Å². The van der Waals surface area contributed by atoms with Gasteiger partial charge in [0.1, 0.15) is 0 Å². The summed E-state index contributed by atoms with van der Waals surface area (Å²) in [6.07, 6.45) is 1.06. The molecule has 0 radical (unpaired) electrons. The number of para-hydroxylation sites is 1. The van der Waals surface area contributed by atoms with Crippen LogP contribution in [0.2, 0.25) is 0 Å². The molecule has 1 aromatic rings. The molecule has 1 aromatic carbocycles. The minimum atomic E-state index is 0.268. The van der Waals surface area contributed by atoms with Crippen molar-refractivity contribution in [2.75, 3.05) is 51.2 Å². The predicted octanol–water partition coefficient (Wildman–Crippen LogP) is 0.823. The van der Waals surface area contributed by atoms with Crippen LogP contribution in [0.15, 0.2) is 24.3 Å². The second-order valence-electron chi connectivity index (χ2n) is 5.48. The summed E-state index contributed by atoms with van der Waals surface area (Å²) >= 11 is 0. The lowest BCUT2D eigenvalue weighted by Gasteiger charge is -2.33. The highest BCUT2D eigenvalue weighted by molar-refractivity contribution is 5.82. The summed E-state index contributed by atoms with van der Waals surface area (Å²) in [5.74, 6) is 0.268. The molecule has 2 heterocycles. The number of carbonyl (C=O) groups is 1. The van der Waals surface area contributed by atoms with Crippen molar-refractivity contribution < 1.29 is 4.79 Å². The van der Waals surface area contributed by atoms with E-state index in [0.29, 0.717) is 6.54 Å². The maximum atomic E-state index is 12.3. The van der Waals surface area contributed by atoms with E-state index in [9.17, 15) is 4.79 Å². The molecule has 4 nitrogen and oxygen atoms in total. The van der Waals surface area contributed by atoms with Crippen molar-refractivity contribution in [2.45, 2.75) is 6.42 Å². The molecule has 0 atom stereocenters. The Bertz CT molecular complexity index is 466. The van der Waals surface area contributed by atoms with Crippen LogP contribution in [0.4, 0.5) is 5.69 Å². The molecule has 1 fully saturated rings. The number of hydrogen-bond acceptors (Lipinski definition) is 3. The third-order valence-corrected chi connectivity index (χ3v) is 4.17. The monoisotopic (exact) mass is 259 g/mol. The van der Waals surface area contributed by atoms with Gasteiger partial charge in [-0.25, -0.2) is 0 Å². The van der Waals surface area contributed by atoms with Gasteiger partial charge in [0.25, 0.3) is 0 Å². The first kappa shape index (κ1) is 12.5. The van der Waals surface area contributed by atoms with E-state index in [0.717, 1.165) is 39.1 Å². The molecule has 3 rings (SSSR count). The summed E-state index contributed by atoms with van der Waals surface area (Å²) in [5, 5.41) is 0. The Morgan fingerprint density at radius 2 is 1.84 bits per heavy atom. The molecule has 0 aliphatic carbocycles. The first-order valence-corrected chi connectivity index (χ1v) is 7.03. The van der Waals surface area contributed by atoms with Gasteiger partial charge < -0.3 is 14.7 Å². The molecule has 4 heteroatoms. The van der Waals surface area contributed by atoms with E-state index in [4.69, 9.17) is 0 Å². The fourth-order valence-electron chi connectivity index (χ4n) is 2.89. The molecule has 1 amide bonds. The first-order chi connectivity index (χ1) is 9.24. The minimum absolute atomic E-state index is 0.268. The van der Waals surface area contributed by atoms with Gasteiger partial charge in [-0.15, -0.1) is 0 Å². The predicted molar refractivity (Wildman–Crippen MR) is 76.4 cm³/mol. The van der Waals surface area contributed by atoms with E-state index >= 15 is 0 Å². The number of likely N-dealkylation sites (N-methyl/N-ethyl adjacent to an activating group) is 1. The number of hydrogen-bond donors (Lipinski definition) is 0. The molecule has 1 saturated heterocycles. The van der Waals surface area contributed by atoms with Gasteiger partial charge in [-0.05, 0) is 25.1 Å². The maximum Gasteiger partial charge on any atom is 0.242 e. The Balaban J connectivity index is 1.62. The van der Waals surface area contributed by atoms with E-state index in [2.05, 4.69) is 41.1 Å². The second kappa shape index (κ2) is 5.21. The maximum absolute atomic E-state index is 12.3. The highest BCUT2D eigenvalue weighted by Gasteiger charge is 2.24. The number of nitrogens with zero attached hydrogens (tertiary/aromatic N) is 3. The van der Waals surface area contributed by atoms with Crippen molar-refractivity contribution in [1.29, 1.82) is 0 Å². The smallest absolute Gasteiger partial charge is 0.242 e. The Morgan fingerprint density at radius 3 is 2.63 bits per heavy atom. The normalized spacial score (nSPS) is 19.6. The van der Waals surface area contributed by atoms with Crippen LogP contribution in [0.25, 0.3) is 0 Å². The Morgan fingerprint density at radius 1 is 1.11 bits per heavy atom. The standard InChI is InChI=1S/C15H21N3O/c1-16-8-10-17(11-9-16)15(19)12-18-7-6-13-4-2-3-5-14(13)18/h2-5H,6-12H2,1H3. The Kier molecular flexibility index (Phi) is 3.42. The third kappa shape index (κ3) is 2.59. The molecule has 19 heavy (non-hydrogen) atoms. The van der Waals surface area contributed by atoms with Crippen LogP contribution in [-0.2, 0) is 11.2 Å². The van der Waals surface area contributed by atoms with Gasteiger partial charge in [0, 0.05) is 38.4 Å². The van der Waals surface area contributed by atoms with E-state index < -0.39 is 0 Å². The number of carbonyl (C=O) groups excluding carboxylic acids is 1. The van der Waals surface area contributed by atoms with Crippen molar-refractivity contribution in [2.24, 2.45) is 0 Å². The van der Waals surface area contributed by atoms with Crippen LogP contribution in [-0.4, -0.2) is 62.0 Å². The van der Waals surface area contributed by atoms with Crippen LogP contribution in [0.3, 0.4) is 0 Å². The number of benzene rings is 1. The average molecular weight is 259 g/mol. The Hall–Kier alpha value is -1.55. The largest absolute Gasteiger partial charge is 0.362 e.